The molecule has 1 heterocycles. The number of carbonyl (C=O) groups excluding carboxylic acids is 1. The van der Waals surface area contributed by atoms with Gasteiger partial charge < -0.3 is 9.88 Å². The van der Waals surface area contributed by atoms with Gasteiger partial charge in [-0.05, 0) is 23.8 Å². The Balaban J connectivity index is 1.70. The minimum atomic E-state index is -0.105. The van der Waals surface area contributed by atoms with E-state index >= 15 is 0 Å². The minimum absolute atomic E-state index is 0.105. The first-order valence-corrected chi connectivity index (χ1v) is 9.44. The predicted molar refractivity (Wildman–Crippen MR) is 109 cm³/mol. The summed E-state index contributed by atoms with van der Waals surface area (Å²) in [5.41, 5.74) is 2.77. The normalized spacial score (nSPS) is 10.5. The van der Waals surface area contributed by atoms with Gasteiger partial charge in [0.1, 0.15) is 0 Å². The number of thioether (sulfide) groups is 1. The smallest absolute Gasteiger partial charge is 0.234 e. The Bertz CT molecular complexity index is 908. The maximum Gasteiger partial charge on any atom is 0.234 e. The molecule has 3 rings (SSSR count). The number of hydrogen-bond donors (Lipinski definition) is 1. The molecule has 2 aromatic carbocycles. The van der Waals surface area contributed by atoms with Crippen molar-refractivity contribution in [2.75, 3.05) is 11.1 Å². The highest BCUT2D eigenvalue weighted by molar-refractivity contribution is 7.99. The van der Waals surface area contributed by atoms with Gasteiger partial charge in [-0.15, -0.1) is 6.58 Å². The molecule has 0 saturated carbocycles. The molecule has 0 aliphatic heterocycles. The molecular formula is C20H18ClN3OS. The second kappa shape index (κ2) is 8.74. The van der Waals surface area contributed by atoms with Crippen molar-refractivity contribution in [3.63, 3.8) is 0 Å². The molecule has 0 aliphatic rings. The van der Waals surface area contributed by atoms with Gasteiger partial charge in [0.15, 0.2) is 5.16 Å². The number of amides is 1. The van der Waals surface area contributed by atoms with Gasteiger partial charge in [-0.25, -0.2) is 4.98 Å². The van der Waals surface area contributed by atoms with Crippen LogP contribution < -0.4 is 5.32 Å². The van der Waals surface area contributed by atoms with Crippen molar-refractivity contribution in [2.45, 2.75) is 11.7 Å². The van der Waals surface area contributed by atoms with E-state index < -0.39 is 0 Å². The van der Waals surface area contributed by atoms with Crippen LogP contribution in [0.1, 0.15) is 0 Å². The zero-order valence-electron chi connectivity index (χ0n) is 14.1. The van der Waals surface area contributed by atoms with Gasteiger partial charge in [0, 0.05) is 17.3 Å². The summed E-state index contributed by atoms with van der Waals surface area (Å²) in [6, 6.07) is 17.1. The number of carbonyl (C=O) groups is 1. The van der Waals surface area contributed by atoms with Crippen molar-refractivity contribution < 1.29 is 4.79 Å². The Morgan fingerprint density at radius 3 is 2.77 bits per heavy atom. The zero-order chi connectivity index (χ0) is 18.4. The maximum atomic E-state index is 12.2. The molecule has 0 bridgehead atoms. The highest BCUT2D eigenvalue weighted by atomic mass is 35.5. The van der Waals surface area contributed by atoms with E-state index in [0.29, 0.717) is 17.3 Å². The molecule has 4 nitrogen and oxygen atoms in total. The van der Waals surface area contributed by atoms with Crippen LogP contribution in [0, 0.1) is 0 Å². The molecule has 0 aliphatic carbocycles. The third-order valence-corrected chi connectivity index (χ3v) is 4.87. The van der Waals surface area contributed by atoms with Crippen molar-refractivity contribution in [1.82, 2.24) is 9.55 Å². The van der Waals surface area contributed by atoms with E-state index in [4.69, 9.17) is 11.6 Å². The van der Waals surface area contributed by atoms with Crippen LogP contribution >= 0.6 is 23.4 Å². The Morgan fingerprint density at radius 2 is 2.04 bits per heavy atom. The van der Waals surface area contributed by atoms with Crippen LogP contribution in [0.25, 0.3) is 11.3 Å². The Hall–Kier alpha value is -2.50. The van der Waals surface area contributed by atoms with Crippen molar-refractivity contribution in [3.8, 4) is 11.3 Å². The number of benzene rings is 2. The molecule has 6 heteroatoms. The van der Waals surface area contributed by atoms with Gasteiger partial charge in [-0.2, -0.15) is 0 Å². The topological polar surface area (TPSA) is 46.9 Å². The fourth-order valence-corrected chi connectivity index (χ4v) is 3.49. The Kier molecular flexibility index (Phi) is 6.15. The fourth-order valence-electron chi connectivity index (χ4n) is 2.51. The SMILES string of the molecule is C=CCn1c(-c2ccccc2)cnc1SCC(=O)Nc1cccc(Cl)c1. The van der Waals surface area contributed by atoms with E-state index in [-0.39, 0.29) is 11.7 Å². The van der Waals surface area contributed by atoms with Crippen LogP contribution in [0.5, 0.6) is 0 Å². The molecule has 0 saturated heterocycles. The first kappa shape index (κ1) is 18.3. The molecular weight excluding hydrogens is 366 g/mol. The molecule has 132 valence electrons. The molecule has 0 unspecified atom stereocenters. The number of aromatic nitrogens is 2. The number of rotatable bonds is 7. The number of allylic oxidation sites excluding steroid dienone is 1. The fraction of sp³-hybridized carbons (Fsp3) is 0.100. The van der Waals surface area contributed by atoms with Crippen LogP contribution in [0.2, 0.25) is 5.02 Å². The lowest BCUT2D eigenvalue weighted by Gasteiger charge is -2.10. The lowest BCUT2D eigenvalue weighted by atomic mass is 10.2. The quantitative estimate of drug-likeness (QED) is 0.455. The number of imidazole rings is 1. The molecule has 1 amide bonds. The number of hydrogen-bond acceptors (Lipinski definition) is 3. The predicted octanol–water partition coefficient (Wildman–Crippen LogP) is 5.12. The van der Waals surface area contributed by atoms with Crippen LogP contribution in [0.15, 0.2) is 78.6 Å². The first-order valence-electron chi connectivity index (χ1n) is 8.07. The standard InChI is InChI=1S/C20H18ClN3OS/c1-2-11-24-18(15-7-4-3-5-8-15)13-22-20(24)26-14-19(25)23-17-10-6-9-16(21)12-17/h2-10,12-13H,1,11,14H2,(H,23,25). The molecule has 0 spiro atoms. The van der Waals surface area contributed by atoms with Gasteiger partial charge in [-0.3, -0.25) is 4.79 Å². The van der Waals surface area contributed by atoms with Crippen molar-refractivity contribution in [1.29, 1.82) is 0 Å². The molecule has 0 radical (unpaired) electrons. The molecule has 3 aromatic rings. The zero-order valence-corrected chi connectivity index (χ0v) is 15.6. The summed E-state index contributed by atoms with van der Waals surface area (Å²) in [7, 11) is 0. The maximum absolute atomic E-state index is 12.2. The van der Waals surface area contributed by atoms with Crippen LogP contribution in [0.3, 0.4) is 0 Å². The van der Waals surface area contributed by atoms with Gasteiger partial charge in [0.25, 0.3) is 0 Å². The lowest BCUT2D eigenvalue weighted by molar-refractivity contribution is -0.113. The van der Waals surface area contributed by atoms with Gasteiger partial charge in [0.05, 0.1) is 17.6 Å². The van der Waals surface area contributed by atoms with Crippen LogP contribution in [0.4, 0.5) is 5.69 Å². The summed E-state index contributed by atoms with van der Waals surface area (Å²) in [5.74, 6) is 0.154. The average molecular weight is 384 g/mol. The van der Waals surface area contributed by atoms with Crippen molar-refractivity contribution in [2.24, 2.45) is 0 Å². The molecule has 0 atom stereocenters. The molecule has 0 fully saturated rings. The summed E-state index contributed by atoms with van der Waals surface area (Å²) in [4.78, 5) is 16.7. The van der Waals surface area contributed by atoms with Crippen LogP contribution in [-0.4, -0.2) is 21.2 Å². The van der Waals surface area contributed by atoms with E-state index in [9.17, 15) is 4.79 Å². The van der Waals surface area contributed by atoms with E-state index in [1.165, 1.54) is 11.8 Å². The van der Waals surface area contributed by atoms with Gasteiger partial charge in [-0.1, -0.05) is 65.8 Å². The second-order valence-electron chi connectivity index (χ2n) is 5.54. The summed E-state index contributed by atoms with van der Waals surface area (Å²) < 4.78 is 2.06. The number of halogens is 1. The second-order valence-corrected chi connectivity index (χ2v) is 6.92. The third kappa shape index (κ3) is 4.56. The van der Waals surface area contributed by atoms with Gasteiger partial charge >= 0.3 is 0 Å². The third-order valence-electron chi connectivity index (χ3n) is 3.64. The lowest BCUT2D eigenvalue weighted by Crippen LogP contribution is -2.14. The number of nitrogens with zero attached hydrogens (tertiary/aromatic N) is 2. The van der Waals surface area contributed by atoms with E-state index in [1.807, 2.05) is 42.6 Å². The Labute approximate surface area is 161 Å². The monoisotopic (exact) mass is 383 g/mol. The Morgan fingerprint density at radius 1 is 1.23 bits per heavy atom. The summed E-state index contributed by atoms with van der Waals surface area (Å²) >= 11 is 7.33. The van der Waals surface area contributed by atoms with E-state index in [1.54, 1.807) is 24.3 Å². The summed E-state index contributed by atoms with van der Waals surface area (Å²) in [6.07, 6.45) is 3.65. The average Bonchev–Trinajstić information content (AvgIpc) is 3.04. The highest BCUT2D eigenvalue weighted by Gasteiger charge is 2.13. The van der Waals surface area contributed by atoms with E-state index in [2.05, 4.69) is 21.4 Å². The summed E-state index contributed by atoms with van der Waals surface area (Å²) in [6.45, 7) is 4.45. The van der Waals surface area contributed by atoms with Crippen molar-refractivity contribution >= 4 is 35.0 Å². The molecule has 1 N–H and O–H groups in total. The van der Waals surface area contributed by atoms with Crippen molar-refractivity contribution in [3.05, 3.63) is 78.5 Å². The number of nitrogens with one attached hydrogen (secondary N) is 1. The molecule has 26 heavy (non-hydrogen) atoms. The summed E-state index contributed by atoms with van der Waals surface area (Å²) in [5, 5.41) is 4.21. The largest absolute Gasteiger partial charge is 0.325 e. The minimum Gasteiger partial charge on any atom is -0.325 e. The number of anilines is 1. The molecule has 1 aromatic heterocycles. The van der Waals surface area contributed by atoms with Crippen LogP contribution in [-0.2, 0) is 11.3 Å². The van der Waals surface area contributed by atoms with E-state index in [0.717, 1.165) is 16.4 Å². The van der Waals surface area contributed by atoms with Gasteiger partial charge in [0.2, 0.25) is 5.91 Å². The first-order chi connectivity index (χ1) is 12.7. The highest BCUT2D eigenvalue weighted by Crippen LogP contribution is 2.26.